The van der Waals surface area contributed by atoms with Gasteiger partial charge in [0.2, 0.25) is 0 Å². The average molecular weight is 194 g/mol. The zero-order chi connectivity index (χ0) is 10.1. The largest absolute Gasteiger partial charge is 0.465 e. The molecule has 0 spiro atoms. The molecule has 0 amide bonds. The van der Waals surface area contributed by atoms with E-state index < -0.39 is 18.8 Å². The van der Waals surface area contributed by atoms with Gasteiger partial charge in [0.25, 0.3) is 6.47 Å². The van der Waals surface area contributed by atoms with Crippen molar-refractivity contribution in [1.29, 1.82) is 0 Å². The molecule has 0 radical (unpaired) electrons. The van der Waals surface area contributed by atoms with Crippen molar-refractivity contribution >= 4 is 6.47 Å². The minimum atomic E-state index is -0.981. The van der Waals surface area contributed by atoms with Crippen molar-refractivity contribution in [1.82, 2.24) is 0 Å². The second-order valence-corrected chi connectivity index (χ2v) is 2.40. The molecule has 0 aromatic carbocycles. The Morgan fingerprint density at radius 3 is 2.38 bits per heavy atom. The Kier molecular flexibility index (Phi) is 7.51. The van der Waals surface area contributed by atoms with Crippen LogP contribution in [0.25, 0.3) is 0 Å². The maximum atomic E-state index is 9.77. The number of ether oxygens (including phenoxy) is 2. The highest BCUT2D eigenvalue weighted by molar-refractivity contribution is 5.36. The van der Waals surface area contributed by atoms with Crippen LogP contribution in [0.4, 0.5) is 0 Å². The van der Waals surface area contributed by atoms with Crippen LogP contribution in [0.2, 0.25) is 0 Å². The topological polar surface area (TPSA) is 96.2 Å². The highest BCUT2D eigenvalue weighted by atomic mass is 16.6. The Morgan fingerprint density at radius 1 is 1.23 bits per heavy atom. The molecule has 6 nitrogen and oxygen atoms in total. The zero-order valence-electron chi connectivity index (χ0n) is 7.13. The second kappa shape index (κ2) is 7.93. The van der Waals surface area contributed by atoms with E-state index in [0.29, 0.717) is 0 Å². The molecule has 0 saturated carbocycles. The molecule has 0 aliphatic carbocycles. The normalized spacial score (nSPS) is 15.0. The van der Waals surface area contributed by atoms with Gasteiger partial charge in [-0.25, -0.2) is 0 Å². The maximum absolute atomic E-state index is 9.77. The Bertz CT molecular complexity index is 128. The van der Waals surface area contributed by atoms with Gasteiger partial charge in [-0.2, -0.15) is 0 Å². The number of hydrogen-bond donors (Lipinski definition) is 3. The monoisotopic (exact) mass is 194 g/mol. The molecule has 0 rings (SSSR count). The van der Waals surface area contributed by atoms with Gasteiger partial charge in [-0.05, 0) is 0 Å². The first-order valence-corrected chi connectivity index (χ1v) is 3.81. The molecule has 0 bridgehead atoms. The molecule has 0 saturated heterocycles. The number of hydrogen-bond acceptors (Lipinski definition) is 6. The molecular weight excluding hydrogens is 180 g/mol. The van der Waals surface area contributed by atoms with E-state index in [2.05, 4.69) is 4.74 Å². The van der Waals surface area contributed by atoms with Crippen molar-refractivity contribution in [3.05, 3.63) is 0 Å². The SMILES string of the molecule is O=COCC(CO)OCC(O)CO. The van der Waals surface area contributed by atoms with E-state index in [1.54, 1.807) is 0 Å². The number of carbonyl (C=O) groups excluding carboxylic acids is 1. The van der Waals surface area contributed by atoms with Crippen molar-refractivity contribution in [2.45, 2.75) is 12.2 Å². The summed E-state index contributed by atoms with van der Waals surface area (Å²) in [6, 6.07) is 0. The highest BCUT2D eigenvalue weighted by Gasteiger charge is 2.10. The Hall–Kier alpha value is -0.690. The first kappa shape index (κ1) is 12.3. The molecule has 6 heteroatoms. The van der Waals surface area contributed by atoms with E-state index in [1.807, 2.05) is 0 Å². The van der Waals surface area contributed by atoms with Gasteiger partial charge in [0.1, 0.15) is 18.8 Å². The van der Waals surface area contributed by atoms with Crippen molar-refractivity contribution < 1.29 is 29.6 Å². The molecule has 0 aromatic rings. The number of carbonyl (C=O) groups is 1. The number of aliphatic hydroxyl groups excluding tert-OH is 3. The molecule has 0 aliphatic rings. The van der Waals surface area contributed by atoms with Crippen molar-refractivity contribution in [2.75, 3.05) is 26.4 Å². The van der Waals surface area contributed by atoms with E-state index >= 15 is 0 Å². The third-order valence-electron chi connectivity index (χ3n) is 1.29. The van der Waals surface area contributed by atoms with Crippen LogP contribution in [0, 0.1) is 0 Å². The van der Waals surface area contributed by atoms with E-state index in [-0.39, 0.29) is 26.3 Å². The summed E-state index contributed by atoms with van der Waals surface area (Å²) < 4.78 is 9.24. The fourth-order valence-corrected chi connectivity index (χ4v) is 0.600. The van der Waals surface area contributed by atoms with Gasteiger partial charge < -0.3 is 24.8 Å². The number of rotatable bonds is 8. The predicted molar refractivity (Wildman–Crippen MR) is 41.9 cm³/mol. The number of aliphatic hydroxyl groups is 3. The molecular formula is C7H14O6. The van der Waals surface area contributed by atoms with Crippen LogP contribution >= 0.6 is 0 Å². The lowest BCUT2D eigenvalue weighted by Gasteiger charge is -2.15. The quantitative estimate of drug-likeness (QED) is 0.383. The Morgan fingerprint density at radius 2 is 1.92 bits per heavy atom. The van der Waals surface area contributed by atoms with E-state index in [0.717, 1.165) is 0 Å². The van der Waals surface area contributed by atoms with Gasteiger partial charge in [-0.3, -0.25) is 4.79 Å². The third kappa shape index (κ3) is 6.47. The van der Waals surface area contributed by atoms with E-state index in [4.69, 9.17) is 20.1 Å². The minimum Gasteiger partial charge on any atom is -0.465 e. The molecule has 0 heterocycles. The lowest BCUT2D eigenvalue weighted by Crippen LogP contribution is -2.29. The van der Waals surface area contributed by atoms with Crippen LogP contribution in [-0.4, -0.2) is 60.4 Å². The standard InChI is InChI=1S/C7H14O6/c8-1-6(11)3-13-7(2-9)4-12-5-10/h5-9,11H,1-4H2. The van der Waals surface area contributed by atoms with Crippen molar-refractivity contribution in [3.8, 4) is 0 Å². The van der Waals surface area contributed by atoms with Gasteiger partial charge in [0.05, 0.1) is 19.8 Å². The van der Waals surface area contributed by atoms with E-state index in [1.165, 1.54) is 0 Å². The lowest BCUT2D eigenvalue weighted by atomic mass is 10.4. The molecule has 2 unspecified atom stereocenters. The fourth-order valence-electron chi connectivity index (χ4n) is 0.600. The van der Waals surface area contributed by atoms with Gasteiger partial charge in [0.15, 0.2) is 0 Å². The predicted octanol–water partition coefficient (Wildman–Crippen LogP) is -2.11. The summed E-state index contributed by atoms with van der Waals surface area (Å²) in [6.07, 6.45) is -1.64. The van der Waals surface area contributed by atoms with Crippen LogP contribution < -0.4 is 0 Å². The fraction of sp³-hybridized carbons (Fsp3) is 0.857. The van der Waals surface area contributed by atoms with Crippen molar-refractivity contribution in [2.24, 2.45) is 0 Å². The summed E-state index contributed by atoms with van der Waals surface area (Å²) in [6.45, 7) is -0.657. The van der Waals surface area contributed by atoms with Crippen LogP contribution in [0.5, 0.6) is 0 Å². The Labute approximate surface area is 75.7 Å². The molecule has 0 aliphatic heterocycles. The van der Waals surface area contributed by atoms with Gasteiger partial charge in [-0.15, -0.1) is 0 Å². The van der Waals surface area contributed by atoms with Crippen LogP contribution in [-0.2, 0) is 14.3 Å². The molecule has 0 aromatic heterocycles. The molecule has 13 heavy (non-hydrogen) atoms. The van der Waals surface area contributed by atoms with Crippen LogP contribution in [0.1, 0.15) is 0 Å². The molecule has 78 valence electrons. The highest BCUT2D eigenvalue weighted by Crippen LogP contribution is 1.94. The maximum Gasteiger partial charge on any atom is 0.293 e. The summed E-state index contributed by atoms with van der Waals surface area (Å²) >= 11 is 0. The summed E-state index contributed by atoms with van der Waals surface area (Å²) in [5.74, 6) is 0. The molecule has 3 N–H and O–H groups in total. The third-order valence-corrected chi connectivity index (χ3v) is 1.29. The minimum absolute atomic E-state index is 0.0713. The smallest absolute Gasteiger partial charge is 0.293 e. The first-order chi connectivity index (χ1) is 6.24. The summed E-state index contributed by atoms with van der Waals surface area (Å²) in [4.78, 5) is 9.77. The second-order valence-electron chi connectivity index (χ2n) is 2.40. The lowest BCUT2D eigenvalue weighted by molar-refractivity contribution is -0.135. The average Bonchev–Trinajstić information content (AvgIpc) is 2.17. The molecule has 2 atom stereocenters. The van der Waals surface area contributed by atoms with Crippen molar-refractivity contribution in [3.63, 3.8) is 0 Å². The van der Waals surface area contributed by atoms with E-state index in [9.17, 15) is 4.79 Å². The summed E-state index contributed by atoms with van der Waals surface area (Å²) in [5, 5.41) is 26.0. The summed E-state index contributed by atoms with van der Waals surface area (Å²) in [5.41, 5.74) is 0. The molecule has 0 fully saturated rings. The van der Waals surface area contributed by atoms with Crippen LogP contribution in [0.3, 0.4) is 0 Å². The van der Waals surface area contributed by atoms with Gasteiger partial charge in [-0.1, -0.05) is 0 Å². The van der Waals surface area contributed by atoms with Gasteiger partial charge in [0, 0.05) is 0 Å². The zero-order valence-corrected chi connectivity index (χ0v) is 7.13. The van der Waals surface area contributed by atoms with Crippen LogP contribution in [0.15, 0.2) is 0 Å². The summed E-state index contributed by atoms with van der Waals surface area (Å²) in [7, 11) is 0. The van der Waals surface area contributed by atoms with Gasteiger partial charge >= 0.3 is 0 Å². The Balaban J connectivity index is 3.52. The first-order valence-electron chi connectivity index (χ1n) is 3.81.